The highest BCUT2D eigenvalue weighted by Gasteiger charge is 2.21. The van der Waals surface area contributed by atoms with Gasteiger partial charge < -0.3 is 4.74 Å². The molecule has 0 N–H and O–H groups in total. The van der Waals surface area contributed by atoms with E-state index < -0.39 is 0 Å². The molecule has 0 fully saturated rings. The maximum atomic E-state index is 12.3. The Labute approximate surface area is 122 Å². The molecule has 4 heteroatoms. The van der Waals surface area contributed by atoms with Crippen LogP contribution in [0.1, 0.15) is 46.4 Å². The van der Waals surface area contributed by atoms with Crippen LogP contribution in [0, 0.1) is 12.8 Å². The maximum absolute atomic E-state index is 12.3. The Balaban J connectivity index is 2.62. The SMILES string of the molecule is CCOC(=O)c1sc2c(C(=O)C(C)C)cccc2c1C. The molecule has 0 aliphatic heterocycles. The normalized spacial score (nSPS) is 11.1. The van der Waals surface area contributed by atoms with Crippen molar-refractivity contribution in [1.82, 2.24) is 0 Å². The third-order valence-corrected chi connectivity index (χ3v) is 4.54. The summed E-state index contributed by atoms with van der Waals surface area (Å²) in [6, 6.07) is 5.64. The van der Waals surface area contributed by atoms with Gasteiger partial charge in [0.2, 0.25) is 0 Å². The number of carbonyl (C=O) groups is 2. The van der Waals surface area contributed by atoms with Crippen LogP contribution in [0.4, 0.5) is 0 Å². The number of ketones is 1. The smallest absolute Gasteiger partial charge is 0.348 e. The number of hydrogen-bond acceptors (Lipinski definition) is 4. The molecule has 1 aromatic heterocycles. The average molecular weight is 290 g/mol. The lowest BCUT2D eigenvalue weighted by Crippen LogP contribution is -2.07. The van der Waals surface area contributed by atoms with Crippen molar-refractivity contribution < 1.29 is 14.3 Å². The monoisotopic (exact) mass is 290 g/mol. The van der Waals surface area contributed by atoms with Crippen LogP contribution in [-0.2, 0) is 4.74 Å². The highest BCUT2D eigenvalue weighted by molar-refractivity contribution is 7.21. The lowest BCUT2D eigenvalue weighted by molar-refractivity contribution is 0.0531. The second-order valence-electron chi connectivity index (χ2n) is 4.98. The maximum Gasteiger partial charge on any atom is 0.348 e. The van der Waals surface area contributed by atoms with Crippen LogP contribution >= 0.6 is 11.3 Å². The molecule has 20 heavy (non-hydrogen) atoms. The molecule has 0 saturated heterocycles. The van der Waals surface area contributed by atoms with Gasteiger partial charge in [-0.15, -0.1) is 11.3 Å². The Bertz CT molecular complexity index is 668. The predicted octanol–water partition coefficient (Wildman–Crippen LogP) is 4.23. The van der Waals surface area contributed by atoms with Gasteiger partial charge in [-0.1, -0.05) is 26.0 Å². The molecule has 106 valence electrons. The number of Topliss-reactive ketones (excluding diaryl/α,β-unsaturated/α-hetero) is 1. The zero-order chi connectivity index (χ0) is 14.9. The summed E-state index contributed by atoms with van der Waals surface area (Å²) in [4.78, 5) is 24.8. The first kappa shape index (κ1) is 14.7. The van der Waals surface area contributed by atoms with Crippen molar-refractivity contribution in [3.05, 3.63) is 34.2 Å². The molecule has 0 aliphatic rings. The quantitative estimate of drug-likeness (QED) is 0.625. The number of benzene rings is 1. The lowest BCUT2D eigenvalue weighted by Gasteiger charge is -2.05. The van der Waals surface area contributed by atoms with Gasteiger partial charge in [0.1, 0.15) is 4.88 Å². The number of fused-ring (bicyclic) bond motifs is 1. The molecule has 1 heterocycles. The van der Waals surface area contributed by atoms with Gasteiger partial charge in [0.25, 0.3) is 0 Å². The molecule has 0 spiro atoms. The molecule has 0 radical (unpaired) electrons. The fourth-order valence-electron chi connectivity index (χ4n) is 2.14. The first-order valence-electron chi connectivity index (χ1n) is 6.70. The van der Waals surface area contributed by atoms with Crippen LogP contribution in [0.15, 0.2) is 18.2 Å². The zero-order valence-corrected chi connectivity index (χ0v) is 13.0. The summed E-state index contributed by atoms with van der Waals surface area (Å²) in [5.74, 6) is -0.268. The molecule has 2 rings (SSSR count). The van der Waals surface area contributed by atoms with Crippen molar-refractivity contribution >= 4 is 33.2 Å². The minimum absolute atomic E-state index is 0.0611. The van der Waals surface area contributed by atoms with E-state index in [1.54, 1.807) is 6.92 Å². The van der Waals surface area contributed by atoms with Gasteiger partial charge in [-0.2, -0.15) is 0 Å². The van der Waals surface area contributed by atoms with Crippen molar-refractivity contribution in [2.75, 3.05) is 6.61 Å². The summed E-state index contributed by atoms with van der Waals surface area (Å²) in [7, 11) is 0. The van der Waals surface area contributed by atoms with Gasteiger partial charge in [-0.3, -0.25) is 4.79 Å². The highest BCUT2D eigenvalue weighted by atomic mass is 32.1. The Hall–Kier alpha value is -1.68. The number of hydrogen-bond donors (Lipinski definition) is 0. The van der Waals surface area contributed by atoms with Crippen molar-refractivity contribution in [3.63, 3.8) is 0 Å². The van der Waals surface area contributed by atoms with E-state index in [2.05, 4.69) is 0 Å². The van der Waals surface area contributed by atoms with Crippen LogP contribution in [0.5, 0.6) is 0 Å². The largest absolute Gasteiger partial charge is 0.462 e. The van der Waals surface area contributed by atoms with Crippen molar-refractivity contribution in [3.8, 4) is 0 Å². The molecular formula is C16H18O3S. The molecule has 0 amide bonds. The van der Waals surface area contributed by atoms with E-state index in [4.69, 9.17) is 4.74 Å². The minimum atomic E-state index is -0.311. The van der Waals surface area contributed by atoms with E-state index >= 15 is 0 Å². The summed E-state index contributed by atoms with van der Waals surface area (Å²) in [6.07, 6.45) is 0. The van der Waals surface area contributed by atoms with Crippen molar-refractivity contribution in [1.29, 1.82) is 0 Å². The number of aryl methyl sites for hydroxylation is 1. The molecule has 2 aromatic rings. The average Bonchev–Trinajstić information content (AvgIpc) is 2.76. The molecular weight excluding hydrogens is 272 g/mol. The first-order valence-corrected chi connectivity index (χ1v) is 7.52. The van der Waals surface area contributed by atoms with Crippen LogP contribution in [0.3, 0.4) is 0 Å². The summed E-state index contributed by atoms with van der Waals surface area (Å²) >= 11 is 1.35. The van der Waals surface area contributed by atoms with Gasteiger partial charge in [0.05, 0.1) is 6.61 Å². The van der Waals surface area contributed by atoms with Gasteiger partial charge in [-0.05, 0) is 30.9 Å². The standard InChI is InChI=1S/C16H18O3S/c1-5-19-16(18)14-10(4)11-7-6-8-12(15(11)20-14)13(17)9(2)3/h6-9H,5H2,1-4H3. The van der Waals surface area contributed by atoms with Gasteiger partial charge in [-0.25, -0.2) is 4.79 Å². The third-order valence-electron chi connectivity index (χ3n) is 3.21. The van der Waals surface area contributed by atoms with Gasteiger partial charge in [0, 0.05) is 16.2 Å². The molecule has 3 nitrogen and oxygen atoms in total. The molecule has 0 atom stereocenters. The minimum Gasteiger partial charge on any atom is -0.462 e. The number of rotatable bonds is 4. The van der Waals surface area contributed by atoms with Crippen molar-refractivity contribution in [2.45, 2.75) is 27.7 Å². The Kier molecular flexibility index (Phi) is 4.23. The van der Waals surface area contributed by atoms with E-state index in [9.17, 15) is 9.59 Å². The van der Waals surface area contributed by atoms with Crippen molar-refractivity contribution in [2.24, 2.45) is 5.92 Å². The number of thiophene rings is 1. The van der Waals surface area contributed by atoms with E-state index in [0.29, 0.717) is 17.0 Å². The van der Waals surface area contributed by atoms with Crippen LogP contribution in [-0.4, -0.2) is 18.4 Å². The highest BCUT2D eigenvalue weighted by Crippen LogP contribution is 2.34. The van der Waals surface area contributed by atoms with E-state index in [0.717, 1.165) is 15.6 Å². The fraction of sp³-hybridized carbons (Fsp3) is 0.375. The lowest BCUT2D eigenvalue weighted by atomic mass is 9.99. The predicted molar refractivity (Wildman–Crippen MR) is 81.7 cm³/mol. The van der Waals surface area contributed by atoms with E-state index in [-0.39, 0.29) is 17.7 Å². The summed E-state index contributed by atoms with van der Waals surface area (Å²) in [5, 5.41) is 0.963. The van der Waals surface area contributed by atoms with Crippen LogP contribution in [0.2, 0.25) is 0 Å². The first-order chi connectivity index (χ1) is 9.47. The van der Waals surface area contributed by atoms with Crippen LogP contribution < -0.4 is 0 Å². The molecule has 0 saturated carbocycles. The van der Waals surface area contributed by atoms with Crippen LogP contribution in [0.25, 0.3) is 10.1 Å². The molecule has 0 bridgehead atoms. The summed E-state index contributed by atoms with van der Waals surface area (Å²) in [6.45, 7) is 7.80. The summed E-state index contributed by atoms with van der Waals surface area (Å²) < 4.78 is 5.95. The molecule has 1 aromatic carbocycles. The second kappa shape index (κ2) is 5.75. The topological polar surface area (TPSA) is 43.4 Å². The number of ether oxygens (including phenoxy) is 1. The number of carbonyl (C=O) groups excluding carboxylic acids is 2. The Morgan fingerprint density at radius 3 is 2.60 bits per heavy atom. The third kappa shape index (κ3) is 2.48. The molecule has 0 aliphatic carbocycles. The van der Waals surface area contributed by atoms with Gasteiger partial charge in [0.15, 0.2) is 5.78 Å². The Morgan fingerprint density at radius 1 is 1.30 bits per heavy atom. The fourth-order valence-corrected chi connectivity index (χ4v) is 3.36. The second-order valence-corrected chi connectivity index (χ2v) is 6.00. The zero-order valence-electron chi connectivity index (χ0n) is 12.1. The van der Waals surface area contributed by atoms with E-state index in [1.165, 1.54) is 11.3 Å². The Morgan fingerprint density at radius 2 is 2.00 bits per heavy atom. The van der Waals surface area contributed by atoms with E-state index in [1.807, 2.05) is 39.0 Å². The van der Waals surface area contributed by atoms with Gasteiger partial charge >= 0.3 is 5.97 Å². The summed E-state index contributed by atoms with van der Waals surface area (Å²) in [5.41, 5.74) is 1.59. The molecule has 0 unspecified atom stereocenters. The number of esters is 1.